The van der Waals surface area contributed by atoms with Crippen LogP contribution in [-0.4, -0.2) is 104 Å². The Bertz CT molecular complexity index is 4040. The van der Waals surface area contributed by atoms with Gasteiger partial charge in [0.05, 0.1) is 34.8 Å². The molecule has 4 aromatic heterocycles. The Labute approximate surface area is 559 Å². The summed E-state index contributed by atoms with van der Waals surface area (Å²) in [4.78, 5) is 70.4. The van der Waals surface area contributed by atoms with Crippen molar-refractivity contribution in [3.05, 3.63) is 209 Å². The summed E-state index contributed by atoms with van der Waals surface area (Å²) in [5.41, 5.74) is 32.7. The van der Waals surface area contributed by atoms with Gasteiger partial charge in [0.15, 0.2) is 28.7 Å². The van der Waals surface area contributed by atoms with Crippen molar-refractivity contribution in [3.63, 3.8) is 0 Å². The quantitative estimate of drug-likeness (QED) is 0.0167. The molecule has 0 atom stereocenters. The van der Waals surface area contributed by atoms with Crippen LogP contribution in [0.1, 0.15) is 138 Å². The van der Waals surface area contributed by atoms with Gasteiger partial charge in [-0.15, -0.1) is 0 Å². The zero-order valence-electron chi connectivity index (χ0n) is 58.4. The van der Waals surface area contributed by atoms with Crippen LogP contribution in [0, 0.1) is 10.8 Å². The topological polar surface area (TPSA) is 296 Å². The molecule has 0 spiro atoms. The van der Waals surface area contributed by atoms with Crippen molar-refractivity contribution in [2.45, 2.75) is 140 Å². The first kappa shape index (κ1) is 74.7. The van der Waals surface area contributed by atoms with E-state index in [0.717, 1.165) is 39.0 Å². The number of hydrogen-bond acceptors (Lipinski definition) is 15. The second-order valence-corrected chi connectivity index (χ2v) is 24.9. The van der Waals surface area contributed by atoms with Crippen LogP contribution in [0.2, 0.25) is 0 Å². The number of H-pyrrole nitrogens is 2. The third-order valence-corrected chi connectivity index (χ3v) is 16.2. The lowest BCUT2D eigenvalue weighted by molar-refractivity contribution is -0.131. The van der Waals surface area contributed by atoms with Gasteiger partial charge in [-0.05, 0) is 148 Å². The van der Waals surface area contributed by atoms with Gasteiger partial charge in [0.1, 0.15) is 24.2 Å². The Morgan fingerprint density at radius 2 is 1.03 bits per heavy atom. The molecule has 2 aliphatic carbocycles. The van der Waals surface area contributed by atoms with Crippen LogP contribution < -0.4 is 38.1 Å². The van der Waals surface area contributed by atoms with E-state index >= 15 is 0 Å². The van der Waals surface area contributed by atoms with Gasteiger partial charge in [-0.2, -0.15) is 19.9 Å². The van der Waals surface area contributed by atoms with Gasteiger partial charge in [0, 0.05) is 33.3 Å². The van der Waals surface area contributed by atoms with Gasteiger partial charge in [-0.25, -0.2) is 14.4 Å². The van der Waals surface area contributed by atoms with Crippen LogP contribution in [0.5, 0.6) is 12.0 Å². The summed E-state index contributed by atoms with van der Waals surface area (Å²) in [6.45, 7) is 24.1. The first-order valence-corrected chi connectivity index (χ1v) is 31.8. The first-order chi connectivity index (χ1) is 45.7. The number of benzene rings is 2. The van der Waals surface area contributed by atoms with Gasteiger partial charge in [0.25, 0.3) is 0 Å². The fourth-order valence-electron chi connectivity index (χ4n) is 11.0. The molecule has 510 valence electrons. The fourth-order valence-corrected chi connectivity index (χ4v) is 11.0. The second-order valence-electron chi connectivity index (χ2n) is 24.9. The molecule has 2 aliphatic rings. The lowest BCUT2D eigenvalue weighted by atomic mass is 9.72. The number of anilines is 2. The molecule has 0 bridgehead atoms. The summed E-state index contributed by atoms with van der Waals surface area (Å²) < 4.78 is 39.3. The number of methoxy groups -OCH3 is 2. The molecule has 0 radical (unpaired) electrons. The van der Waals surface area contributed by atoms with Crippen molar-refractivity contribution in [1.82, 2.24) is 39.0 Å². The summed E-state index contributed by atoms with van der Waals surface area (Å²) in [6, 6.07) is 15.8. The van der Waals surface area contributed by atoms with Gasteiger partial charge < -0.3 is 51.2 Å². The number of rotatable bonds is 26. The molecule has 0 aliphatic heterocycles. The van der Waals surface area contributed by atoms with Crippen molar-refractivity contribution in [3.8, 4) is 12.0 Å². The Morgan fingerprint density at radius 1 is 0.632 bits per heavy atom. The van der Waals surface area contributed by atoms with E-state index in [4.69, 9.17) is 42.6 Å². The molecular weight excluding hydrogens is 1210 g/mol. The van der Waals surface area contributed by atoms with Crippen molar-refractivity contribution in [2.75, 3.05) is 59.3 Å². The zero-order chi connectivity index (χ0) is 70.5. The largest absolute Gasteiger partial charge is 0.478 e. The second kappa shape index (κ2) is 37.5. The predicted octanol–water partition coefficient (Wildman–Crippen LogP) is 13.2. The van der Waals surface area contributed by atoms with Crippen LogP contribution in [0.15, 0.2) is 176 Å². The highest BCUT2D eigenvalue weighted by Crippen LogP contribution is 2.42. The standard InChI is InChI=1S/C37H47N5O4.C20H28O2.C16H20N6O3.CH3F/c1-25(12-19-31-27(3)11-8-20-37(31,4)5)9-7-10-26(2)23-30(43)18-17-28-13-15-29(16-14-28)24-42-34-32(39-36(42)44)33(38)40-35(41-34)46-22-21-45-6;1-15(8-6-9-16(2)14-19(21)22)11-12-18-17(3)10-7-13-20(18,4)5;1-24-6-7-25-15-20-13(18)12-14(21-15)22(16(23)19-12)9-11-4-2-10(8-17)3-5-11;1-2/h7,9-10,12-16,19,23H,8,11,17-18,20-22,24H2,1-6H3,(H,39,44)(H2,38,40,41);6,8-9,11-12,14H,7,10,13H2,1-5H3,(H,21,22);2-5H,6-9,17H2,1H3,(H,19,23)(H2,18,20,21);1H3/b10-7+,19-12+,25-9+,26-23+;9-6+,12-11+,15-8+,16-14+;;/i;;;1D. The summed E-state index contributed by atoms with van der Waals surface area (Å²) >= 11 is 0. The molecular formula is C74H98FN11O9. The number of hydrogen-bond donors (Lipinski definition) is 6. The average Bonchev–Trinajstić information content (AvgIpc) is 1.62. The van der Waals surface area contributed by atoms with Crippen molar-refractivity contribution in [2.24, 2.45) is 16.6 Å². The number of ketones is 1. The fraction of sp³-hybridized carbons (Fsp3) is 0.405. The number of aryl methyl sites for hydroxylation is 1. The monoisotopic (exact) mass is 1300 g/mol. The highest BCUT2D eigenvalue weighted by atomic mass is 19.1. The SMILES string of the molecule is CC1=C(/C=C/C(C)=C/C=C/C(C)=C/C(=O)O)C(C)(C)CCC1.COCCOc1nc(N)c2[nH]c(=O)n(Cc3ccc(CCC(=O)/C=C(C)/C=C/C=C(C)/C=C/C4=C(C)CCCC4(C)C)cc3)c2n1.COCCOc1nc(N)c2[nH]c(=O)n(Cc3ccc(CN)cc3)c2n1.[2H]CF. The molecule has 8 rings (SSSR count). The number of carboxylic acid groups (broad SMARTS) is 1. The van der Waals surface area contributed by atoms with Gasteiger partial charge in [-0.3, -0.25) is 18.3 Å². The number of carbonyl (C=O) groups is 2. The van der Waals surface area contributed by atoms with Gasteiger partial charge in [0.2, 0.25) is 0 Å². The highest BCUT2D eigenvalue weighted by Gasteiger charge is 2.28. The van der Waals surface area contributed by atoms with E-state index in [9.17, 15) is 23.6 Å². The molecule has 95 heavy (non-hydrogen) atoms. The number of aromatic amines is 2. The number of fused-ring (bicyclic) bond motifs is 2. The van der Waals surface area contributed by atoms with E-state index in [-0.39, 0.29) is 64.9 Å². The van der Waals surface area contributed by atoms with E-state index in [1.807, 2.05) is 79.8 Å². The molecule has 0 unspecified atom stereocenters. The molecule has 0 saturated carbocycles. The summed E-state index contributed by atoms with van der Waals surface area (Å²) in [5, 5.41) is 8.65. The van der Waals surface area contributed by atoms with Crippen molar-refractivity contribution >= 4 is 45.7 Å². The smallest absolute Gasteiger partial charge is 0.328 e. The minimum absolute atomic E-state index is 0.0832. The third kappa shape index (κ3) is 23.9. The maximum atomic E-state index is 12.7. The van der Waals surface area contributed by atoms with Gasteiger partial charge in [-0.1, -0.05) is 159 Å². The Kier molecular flexibility index (Phi) is 29.5. The number of halogens is 1. The van der Waals surface area contributed by atoms with E-state index in [0.29, 0.717) is 68.0 Å². The number of alkyl halides is 1. The Hall–Kier alpha value is -9.31. The summed E-state index contributed by atoms with van der Waals surface area (Å²) in [5.74, 6) is -0.532. The van der Waals surface area contributed by atoms with Crippen LogP contribution in [-0.2, 0) is 45.1 Å². The molecule has 2 aromatic carbocycles. The minimum Gasteiger partial charge on any atom is -0.478 e. The molecule has 4 heterocycles. The summed E-state index contributed by atoms with van der Waals surface area (Å²) in [6.07, 6.45) is 31.9. The summed E-state index contributed by atoms with van der Waals surface area (Å²) in [7, 11) is 2.14. The lowest BCUT2D eigenvalue weighted by Crippen LogP contribution is -2.19. The van der Waals surface area contributed by atoms with Crippen LogP contribution >= 0.6 is 0 Å². The number of allylic oxidation sites excluding steroid dienone is 19. The molecule has 0 saturated heterocycles. The third-order valence-electron chi connectivity index (χ3n) is 16.2. The Morgan fingerprint density at radius 3 is 1.42 bits per heavy atom. The highest BCUT2D eigenvalue weighted by molar-refractivity contribution is 5.90. The van der Waals surface area contributed by atoms with Crippen LogP contribution in [0.4, 0.5) is 16.0 Å². The number of aliphatic carboxylic acids is 1. The van der Waals surface area contributed by atoms with E-state index < -0.39 is 13.1 Å². The molecule has 0 amide bonds. The van der Waals surface area contributed by atoms with Gasteiger partial charge >= 0.3 is 29.4 Å². The number of nitrogens with two attached hydrogens (primary N) is 3. The van der Waals surface area contributed by atoms with Crippen LogP contribution in [0.25, 0.3) is 22.3 Å². The molecule has 21 heteroatoms. The van der Waals surface area contributed by atoms with E-state index in [1.54, 1.807) is 33.3 Å². The number of nitrogens with one attached hydrogen (secondary N) is 2. The van der Waals surface area contributed by atoms with Crippen LogP contribution in [0.3, 0.4) is 0 Å². The van der Waals surface area contributed by atoms with E-state index in [2.05, 4.69) is 116 Å². The number of nitrogens with zero attached hydrogens (tertiary/aromatic N) is 6. The number of aromatic nitrogens is 8. The number of carbonyl (C=O) groups excluding carboxylic acids is 1. The Balaban J connectivity index is 0.000000280. The number of nitrogen functional groups attached to an aromatic ring is 2. The molecule has 20 nitrogen and oxygen atoms in total. The van der Waals surface area contributed by atoms with E-state index in [1.165, 1.54) is 81.6 Å². The minimum atomic E-state index is -1.00. The normalized spacial score (nSPS) is 15.5. The first-order valence-electron chi connectivity index (χ1n) is 32.5. The molecule has 6 aromatic rings. The van der Waals surface area contributed by atoms with Crippen molar-refractivity contribution < 1.29 is 39.4 Å². The number of imidazole rings is 2. The maximum Gasteiger partial charge on any atom is 0.328 e. The zero-order valence-corrected chi connectivity index (χ0v) is 57.4. The van der Waals surface area contributed by atoms with Crippen molar-refractivity contribution in [1.29, 1.82) is 0 Å². The molecule has 0 fully saturated rings. The maximum absolute atomic E-state index is 12.7. The average molecular weight is 1310 g/mol. The lowest BCUT2D eigenvalue weighted by Gasteiger charge is -2.33. The number of ether oxygens (including phenoxy) is 4. The molecule has 9 N–H and O–H groups in total. The number of carboxylic acids is 1. The predicted molar refractivity (Wildman–Crippen MR) is 379 cm³/mol.